The Morgan fingerprint density at radius 2 is 1.45 bits per heavy atom. The van der Waals surface area contributed by atoms with Crippen molar-refractivity contribution in [3.63, 3.8) is 0 Å². The Morgan fingerprint density at radius 1 is 0.903 bits per heavy atom. The molecule has 0 aliphatic heterocycles. The molecular weight excluding hydrogens is 388 g/mol. The van der Waals surface area contributed by atoms with Gasteiger partial charge in [0.05, 0.1) is 25.9 Å². The summed E-state index contributed by atoms with van der Waals surface area (Å²) >= 11 is 0. The molecule has 0 saturated carbocycles. The Morgan fingerprint density at radius 3 is 2.00 bits per heavy atom. The lowest BCUT2D eigenvalue weighted by Crippen LogP contribution is -2.31. The highest BCUT2D eigenvalue weighted by Gasteiger charge is 2.24. The Labute approximate surface area is 187 Å². The molecule has 2 aromatic carbocycles. The molecule has 4 heteroatoms. The highest BCUT2D eigenvalue weighted by molar-refractivity contribution is 5.82. The topological polar surface area (TPSA) is 44.8 Å². The first-order valence-electron chi connectivity index (χ1n) is 10.9. The molecule has 31 heavy (non-hydrogen) atoms. The Kier molecular flexibility index (Phi) is 9.96. The summed E-state index contributed by atoms with van der Waals surface area (Å²) in [6, 6.07) is 20.2. The van der Waals surface area contributed by atoms with Crippen LogP contribution in [-0.4, -0.2) is 24.3 Å². The van der Waals surface area contributed by atoms with Crippen molar-refractivity contribution in [2.45, 2.75) is 59.5 Å². The second-order valence-electron chi connectivity index (χ2n) is 8.99. The predicted octanol–water partition coefficient (Wildman–Crippen LogP) is 5.96. The van der Waals surface area contributed by atoms with Crippen LogP contribution in [0.4, 0.5) is 0 Å². The van der Waals surface area contributed by atoms with Crippen LogP contribution in [0.25, 0.3) is 0 Å². The minimum atomic E-state index is -0.507. The molecule has 0 N–H and O–H groups in total. The van der Waals surface area contributed by atoms with Crippen molar-refractivity contribution in [1.82, 2.24) is 0 Å². The molecule has 0 fully saturated rings. The summed E-state index contributed by atoms with van der Waals surface area (Å²) < 4.78 is 17.6. The van der Waals surface area contributed by atoms with Gasteiger partial charge >= 0.3 is 5.97 Å². The molecule has 0 spiro atoms. The molecule has 0 aliphatic carbocycles. The van der Waals surface area contributed by atoms with Crippen molar-refractivity contribution in [1.29, 1.82) is 0 Å². The third kappa shape index (κ3) is 9.95. The average Bonchev–Trinajstić information content (AvgIpc) is 2.73. The normalized spacial score (nSPS) is 14.9. The van der Waals surface area contributed by atoms with Crippen molar-refractivity contribution < 1.29 is 19.0 Å². The maximum Gasteiger partial charge on any atom is 0.330 e. The summed E-state index contributed by atoms with van der Waals surface area (Å²) in [6.07, 6.45) is 3.28. The van der Waals surface area contributed by atoms with Gasteiger partial charge in [0.25, 0.3) is 0 Å². The van der Waals surface area contributed by atoms with E-state index in [1.54, 1.807) is 0 Å². The van der Waals surface area contributed by atoms with Crippen LogP contribution in [0, 0.1) is 11.8 Å². The summed E-state index contributed by atoms with van der Waals surface area (Å²) in [5.41, 5.74) is 1.76. The van der Waals surface area contributed by atoms with E-state index < -0.39 is 5.60 Å². The molecular formula is C27H36O4. The lowest BCUT2D eigenvalue weighted by Gasteiger charge is -2.28. The van der Waals surface area contributed by atoms with Gasteiger partial charge in [0.15, 0.2) is 0 Å². The summed E-state index contributed by atoms with van der Waals surface area (Å²) in [5.74, 6) is -0.175. The fourth-order valence-corrected chi connectivity index (χ4v) is 3.31. The van der Waals surface area contributed by atoms with Gasteiger partial charge < -0.3 is 14.2 Å². The van der Waals surface area contributed by atoms with E-state index in [1.807, 2.05) is 63.2 Å². The smallest absolute Gasteiger partial charge is 0.330 e. The second kappa shape index (κ2) is 12.4. The van der Waals surface area contributed by atoms with Crippen LogP contribution in [-0.2, 0) is 32.2 Å². The molecule has 2 aromatic rings. The first-order chi connectivity index (χ1) is 14.7. The zero-order chi connectivity index (χ0) is 22.7. The molecule has 0 saturated heterocycles. The summed E-state index contributed by atoms with van der Waals surface area (Å²) in [6.45, 7) is 11.4. The van der Waals surface area contributed by atoms with Gasteiger partial charge in [-0.05, 0) is 31.9 Å². The van der Waals surface area contributed by atoms with E-state index in [-0.39, 0.29) is 23.9 Å². The highest BCUT2D eigenvalue weighted by atomic mass is 16.6. The van der Waals surface area contributed by atoms with Gasteiger partial charge in [-0.2, -0.15) is 0 Å². The molecule has 0 amide bonds. The van der Waals surface area contributed by atoms with Crippen molar-refractivity contribution >= 4 is 5.97 Å². The van der Waals surface area contributed by atoms with E-state index >= 15 is 0 Å². The van der Waals surface area contributed by atoms with E-state index in [9.17, 15) is 4.79 Å². The molecule has 3 atom stereocenters. The molecule has 0 bridgehead atoms. The van der Waals surface area contributed by atoms with Crippen LogP contribution in [0.1, 0.15) is 45.7 Å². The molecule has 0 aliphatic rings. The number of rotatable bonds is 11. The van der Waals surface area contributed by atoms with Gasteiger partial charge in [-0.25, -0.2) is 4.79 Å². The Hall–Kier alpha value is -2.43. The standard InChI is InChI=1S/C27H36O4/c1-21(16-17-25(28)31-27(3,4)5)26(30-20-24-14-10-7-11-15-24)22(2)18-29-19-23-12-8-6-9-13-23/h6-17,21-22,26H,18-20H2,1-5H3/b17-16+/t21-,22+,26?/m0/s1. The third-order valence-electron chi connectivity index (χ3n) is 4.80. The first kappa shape index (κ1) is 24.8. The highest BCUT2D eigenvalue weighted by Crippen LogP contribution is 2.21. The summed E-state index contributed by atoms with van der Waals surface area (Å²) in [7, 11) is 0. The maximum absolute atomic E-state index is 12.1. The average molecular weight is 425 g/mol. The number of carbonyl (C=O) groups is 1. The molecule has 0 heterocycles. The van der Waals surface area contributed by atoms with E-state index in [0.717, 1.165) is 11.1 Å². The lowest BCUT2D eigenvalue weighted by molar-refractivity contribution is -0.148. The first-order valence-corrected chi connectivity index (χ1v) is 10.9. The van der Waals surface area contributed by atoms with Crippen LogP contribution < -0.4 is 0 Å². The minimum Gasteiger partial charge on any atom is -0.457 e. The van der Waals surface area contributed by atoms with Crippen molar-refractivity contribution in [2.24, 2.45) is 11.8 Å². The minimum absolute atomic E-state index is 0.0200. The van der Waals surface area contributed by atoms with Crippen LogP contribution >= 0.6 is 0 Å². The van der Waals surface area contributed by atoms with Crippen molar-refractivity contribution in [3.8, 4) is 0 Å². The zero-order valence-electron chi connectivity index (χ0n) is 19.4. The number of benzene rings is 2. The molecule has 0 aromatic heterocycles. The number of ether oxygens (including phenoxy) is 3. The van der Waals surface area contributed by atoms with Crippen molar-refractivity contribution in [3.05, 3.63) is 83.9 Å². The van der Waals surface area contributed by atoms with Gasteiger partial charge in [0.2, 0.25) is 0 Å². The SMILES string of the molecule is C[C@H](COCc1ccccc1)C(OCc1ccccc1)[C@@H](C)/C=C/C(=O)OC(C)(C)C. The van der Waals surface area contributed by atoms with Gasteiger partial charge in [0, 0.05) is 17.9 Å². The number of hydrogen-bond acceptors (Lipinski definition) is 4. The van der Waals surface area contributed by atoms with E-state index in [1.165, 1.54) is 6.08 Å². The van der Waals surface area contributed by atoms with Gasteiger partial charge in [-0.1, -0.05) is 80.6 Å². The van der Waals surface area contributed by atoms with Crippen molar-refractivity contribution in [2.75, 3.05) is 6.61 Å². The molecule has 0 radical (unpaired) electrons. The predicted molar refractivity (Wildman–Crippen MR) is 124 cm³/mol. The summed E-state index contributed by atoms with van der Waals surface area (Å²) in [4.78, 5) is 12.1. The molecule has 1 unspecified atom stereocenters. The molecule has 4 nitrogen and oxygen atoms in total. The number of carbonyl (C=O) groups excluding carboxylic acids is 1. The van der Waals surface area contributed by atoms with Gasteiger partial charge in [0.1, 0.15) is 5.60 Å². The van der Waals surface area contributed by atoms with E-state index in [0.29, 0.717) is 19.8 Å². The Bertz CT molecular complexity index is 793. The lowest BCUT2D eigenvalue weighted by atomic mass is 9.93. The van der Waals surface area contributed by atoms with Crippen LogP contribution in [0.2, 0.25) is 0 Å². The largest absolute Gasteiger partial charge is 0.457 e. The van der Waals surface area contributed by atoms with Gasteiger partial charge in [-0.15, -0.1) is 0 Å². The van der Waals surface area contributed by atoms with Crippen LogP contribution in [0.3, 0.4) is 0 Å². The second-order valence-corrected chi connectivity index (χ2v) is 8.99. The van der Waals surface area contributed by atoms with E-state index in [2.05, 4.69) is 38.1 Å². The number of hydrogen-bond donors (Lipinski definition) is 0. The quantitative estimate of drug-likeness (QED) is 0.330. The number of esters is 1. The molecule has 2 rings (SSSR count). The monoisotopic (exact) mass is 424 g/mol. The van der Waals surface area contributed by atoms with Gasteiger partial charge in [-0.3, -0.25) is 0 Å². The molecule has 168 valence electrons. The zero-order valence-corrected chi connectivity index (χ0v) is 19.4. The maximum atomic E-state index is 12.1. The third-order valence-corrected chi connectivity index (χ3v) is 4.80. The summed E-state index contributed by atoms with van der Waals surface area (Å²) in [5, 5.41) is 0. The van der Waals surface area contributed by atoms with E-state index in [4.69, 9.17) is 14.2 Å². The fraction of sp³-hybridized carbons (Fsp3) is 0.444. The van der Waals surface area contributed by atoms with Crippen LogP contribution in [0.5, 0.6) is 0 Å². The Balaban J connectivity index is 1.99. The van der Waals surface area contributed by atoms with Crippen LogP contribution in [0.15, 0.2) is 72.8 Å². The fourth-order valence-electron chi connectivity index (χ4n) is 3.31.